The Kier molecular flexibility index (Phi) is 2.99. The van der Waals surface area contributed by atoms with E-state index in [2.05, 4.69) is 34.7 Å². The second-order valence-corrected chi connectivity index (χ2v) is 5.54. The smallest absolute Gasteiger partial charge is 0.110 e. The van der Waals surface area contributed by atoms with Gasteiger partial charge in [-0.2, -0.15) is 0 Å². The quantitative estimate of drug-likeness (QED) is 0.856. The van der Waals surface area contributed by atoms with Gasteiger partial charge in [-0.1, -0.05) is 6.07 Å². The van der Waals surface area contributed by atoms with Crippen LogP contribution in [0.5, 0.6) is 0 Å². The van der Waals surface area contributed by atoms with Crippen molar-refractivity contribution in [2.45, 2.75) is 25.7 Å². The van der Waals surface area contributed by atoms with Gasteiger partial charge in [0.2, 0.25) is 0 Å². The van der Waals surface area contributed by atoms with E-state index < -0.39 is 0 Å². The lowest BCUT2D eigenvalue weighted by molar-refractivity contribution is 0.447. The van der Waals surface area contributed by atoms with Gasteiger partial charge in [-0.25, -0.2) is 4.98 Å². The molecular weight excluding hydrogens is 230 g/mol. The Balaban J connectivity index is 1.90. The third kappa shape index (κ3) is 2.15. The van der Waals surface area contributed by atoms with Crippen LogP contribution in [0.1, 0.15) is 30.3 Å². The summed E-state index contributed by atoms with van der Waals surface area (Å²) < 4.78 is 0. The van der Waals surface area contributed by atoms with E-state index in [4.69, 9.17) is 4.98 Å². The molecule has 1 saturated heterocycles. The summed E-state index contributed by atoms with van der Waals surface area (Å²) in [4.78, 5) is 9.54. The molecule has 1 aliphatic heterocycles. The van der Waals surface area contributed by atoms with Gasteiger partial charge >= 0.3 is 0 Å². The van der Waals surface area contributed by atoms with Crippen LogP contribution in [0.2, 0.25) is 0 Å². The summed E-state index contributed by atoms with van der Waals surface area (Å²) in [6.07, 6.45) is 2.38. The van der Waals surface area contributed by atoms with E-state index in [9.17, 15) is 0 Å². The molecule has 2 N–H and O–H groups in total. The molecule has 0 spiro atoms. The summed E-state index contributed by atoms with van der Waals surface area (Å²) in [5.74, 6) is 1.77. The van der Waals surface area contributed by atoms with Crippen molar-refractivity contribution >= 4 is 11.3 Å². The molecule has 0 radical (unpaired) electrons. The molecule has 3 rings (SSSR count). The monoisotopic (exact) mass is 247 g/mol. The molecule has 0 aromatic carbocycles. The molecule has 1 aliphatic rings. The number of thiophene rings is 1. The van der Waals surface area contributed by atoms with Crippen LogP contribution < -0.4 is 5.32 Å². The lowest BCUT2D eigenvalue weighted by Crippen LogP contribution is -2.27. The fourth-order valence-corrected chi connectivity index (χ4v) is 3.20. The highest BCUT2D eigenvalue weighted by atomic mass is 32.1. The zero-order chi connectivity index (χ0) is 11.7. The van der Waals surface area contributed by atoms with Crippen molar-refractivity contribution in [1.82, 2.24) is 15.3 Å². The first-order chi connectivity index (χ1) is 8.34. The number of aryl methyl sites for hydroxylation is 1. The number of rotatable bonds is 2. The molecule has 17 heavy (non-hydrogen) atoms. The predicted octanol–water partition coefficient (Wildman–Crippen LogP) is 2.91. The van der Waals surface area contributed by atoms with Crippen molar-refractivity contribution in [2.24, 2.45) is 0 Å². The topological polar surface area (TPSA) is 40.7 Å². The molecule has 90 valence electrons. The molecule has 0 unspecified atom stereocenters. The van der Waals surface area contributed by atoms with E-state index >= 15 is 0 Å². The van der Waals surface area contributed by atoms with Gasteiger partial charge in [0.15, 0.2) is 0 Å². The van der Waals surface area contributed by atoms with Gasteiger partial charge in [0.1, 0.15) is 11.5 Å². The van der Waals surface area contributed by atoms with Crippen LogP contribution >= 0.6 is 11.3 Å². The summed E-state index contributed by atoms with van der Waals surface area (Å²) in [5, 5.41) is 5.50. The Hall–Kier alpha value is -1.13. The molecule has 0 amide bonds. The zero-order valence-electron chi connectivity index (χ0n) is 9.99. The maximum absolute atomic E-state index is 4.80. The van der Waals surface area contributed by atoms with Crippen LogP contribution in [-0.2, 0) is 0 Å². The average Bonchev–Trinajstić information content (AvgIpc) is 2.99. The average molecular weight is 247 g/mol. The standard InChI is InChI=1S/C13H17N3S/c1-9-12(11-3-2-8-17-11)16-13(15-9)10-4-6-14-7-5-10/h2-3,8,10,14H,4-7H2,1H3,(H,15,16). The van der Waals surface area contributed by atoms with Crippen LogP contribution in [-0.4, -0.2) is 23.1 Å². The minimum absolute atomic E-state index is 0.601. The highest BCUT2D eigenvalue weighted by Gasteiger charge is 2.20. The number of aromatic amines is 1. The first-order valence-corrected chi connectivity index (χ1v) is 7.03. The first-order valence-electron chi connectivity index (χ1n) is 6.15. The van der Waals surface area contributed by atoms with Crippen LogP contribution in [0.3, 0.4) is 0 Å². The van der Waals surface area contributed by atoms with E-state index in [0.717, 1.165) is 18.8 Å². The molecule has 2 aromatic rings. The van der Waals surface area contributed by atoms with Gasteiger partial charge in [0, 0.05) is 11.6 Å². The van der Waals surface area contributed by atoms with Crippen molar-refractivity contribution < 1.29 is 0 Å². The van der Waals surface area contributed by atoms with E-state index in [0.29, 0.717) is 5.92 Å². The Morgan fingerprint density at radius 3 is 2.88 bits per heavy atom. The molecule has 0 saturated carbocycles. The lowest BCUT2D eigenvalue weighted by atomic mass is 9.98. The third-order valence-corrected chi connectivity index (χ3v) is 4.26. The first kappa shape index (κ1) is 11.0. The second-order valence-electron chi connectivity index (χ2n) is 4.60. The summed E-state index contributed by atoms with van der Waals surface area (Å²) in [7, 11) is 0. The Labute approximate surface area is 105 Å². The largest absolute Gasteiger partial charge is 0.345 e. The molecular formula is C13H17N3S. The molecule has 4 heteroatoms. The summed E-state index contributed by atoms with van der Waals surface area (Å²) in [5.41, 5.74) is 2.33. The normalized spacial score (nSPS) is 17.5. The summed E-state index contributed by atoms with van der Waals surface area (Å²) in [6, 6.07) is 4.22. The molecule has 0 aliphatic carbocycles. The van der Waals surface area contributed by atoms with Crippen molar-refractivity contribution in [3.63, 3.8) is 0 Å². The number of nitrogens with one attached hydrogen (secondary N) is 2. The predicted molar refractivity (Wildman–Crippen MR) is 71.5 cm³/mol. The molecule has 0 bridgehead atoms. The van der Waals surface area contributed by atoms with Crippen LogP contribution in [0.25, 0.3) is 10.6 Å². The fourth-order valence-electron chi connectivity index (χ4n) is 2.43. The number of nitrogens with zero attached hydrogens (tertiary/aromatic N) is 1. The number of imidazole rings is 1. The molecule has 0 atom stereocenters. The Bertz CT molecular complexity index is 481. The Morgan fingerprint density at radius 2 is 2.18 bits per heavy atom. The van der Waals surface area contributed by atoms with Gasteiger partial charge in [-0.05, 0) is 44.3 Å². The van der Waals surface area contributed by atoms with Gasteiger partial charge in [0.25, 0.3) is 0 Å². The summed E-state index contributed by atoms with van der Waals surface area (Å²) in [6.45, 7) is 4.34. The maximum atomic E-state index is 4.80. The molecule has 3 heterocycles. The minimum Gasteiger partial charge on any atom is -0.345 e. The van der Waals surface area contributed by atoms with Crippen molar-refractivity contribution in [3.8, 4) is 10.6 Å². The second kappa shape index (κ2) is 4.63. The highest BCUT2D eigenvalue weighted by molar-refractivity contribution is 7.13. The number of piperidine rings is 1. The van der Waals surface area contributed by atoms with E-state index in [1.165, 1.54) is 29.2 Å². The Morgan fingerprint density at radius 1 is 1.35 bits per heavy atom. The van der Waals surface area contributed by atoms with E-state index in [1.807, 2.05) is 0 Å². The van der Waals surface area contributed by atoms with Gasteiger partial charge in [-0.15, -0.1) is 11.3 Å². The number of hydrogen-bond acceptors (Lipinski definition) is 3. The van der Waals surface area contributed by atoms with Crippen LogP contribution in [0, 0.1) is 6.92 Å². The maximum Gasteiger partial charge on any atom is 0.110 e. The van der Waals surface area contributed by atoms with Crippen LogP contribution in [0.4, 0.5) is 0 Å². The van der Waals surface area contributed by atoms with Crippen molar-refractivity contribution in [1.29, 1.82) is 0 Å². The van der Waals surface area contributed by atoms with Gasteiger partial charge in [0.05, 0.1) is 4.88 Å². The summed E-state index contributed by atoms with van der Waals surface area (Å²) >= 11 is 1.76. The molecule has 1 fully saturated rings. The van der Waals surface area contributed by atoms with Crippen LogP contribution in [0.15, 0.2) is 17.5 Å². The fraction of sp³-hybridized carbons (Fsp3) is 0.462. The van der Waals surface area contributed by atoms with Crippen molar-refractivity contribution in [3.05, 3.63) is 29.0 Å². The molecule has 2 aromatic heterocycles. The minimum atomic E-state index is 0.601. The zero-order valence-corrected chi connectivity index (χ0v) is 10.8. The SMILES string of the molecule is Cc1[nH]c(C2CCNCC2)nc1-c1cccs1. The van der Waals surface area contributed by atoms with E-state index in [1.54, 1.807) is 11.3 Å². The van der Waals surface area contributed by atoms with Crippen molar-refractivity contribution in [2.75, 3.05) is 13.1 Å². The van der Waals surface area contributed by atoms with E-state index in [-0.39, 0.29) is 0 Å². The third-order valence-electron chi connectivity index (χ3n) is 3.38. The number of aromatic nitrogens is 2. The lowest BCUT2D eigenvalue weighted by Gasteiger charge is -2.20. The van der Waals surface area contributed by atoms with Gasteiger partial charge in [-0.3, -0.25) is 0 Å². The highest BCUT2D eigenvalue weighted by Crippen LogP contribution is 2.30. The number of hydrogen-bond donors (Lipinski definition) is 2. The molecule has 3 nitrogen and oxygen atoms in total. The van der Waals surface area contributed by atoms with Gasteiger partial charge < -0.3 is 10.3 Å². The number of H-pyrrole nitrogens is 1.